The van der Waals surface area contributed by atoms with Gasteiger partial charge in [0.1, 0.15) is 5.82 Å². The van der Waals surface area contributed by atoms with E-state index in [2.05, 4.69) is 34.0 Å². The Kier molecular flexibility index (Phi) is 6.49. The Morgan fingerprint density at radius 2 is 2.17 bits per heavy atom. The predicted molar refractivity (Wildman–Crippen MR) is 76.1 cm³/mol. The van der Waals surface area contributed by atoms with Crippen LogP contribution < -0.4 is 10.6 Å². The largest absolute Gasteiger partial charge is 0.365 e. The third kappa shape index (κ3) is 4.52. The fourth-order valence-corrected chi connectivity index (χ4v) is 2.17. The van der Waals surface area contributed by atoms with Crippen molar-refractivity contribution in [3.63, 3.8) is 0 Å². The quantitative estimate of drug-likeness (QED) is 0.789. The van der Waals surface area contributed by atoms with E-state index < -0.39 is 0 Å². The molecule has 1 atom stereocenters. The summed E-state index contributed by atoms with van der Waals surface area (Å²) in [6, 6.07) is 3.86. The molecule has 18 heavy (non-hydrogen) atoms. The maximum Gasteiger partial charge on any atom is 0.271 e. The molecule has 1 unspecified atom stereocenters. The third-order valence-corrected chi connectivity index (χ3v) is 3.18. The number of nitrogens with zero attached hydrogens (tertiary/aromatic N) is 2. The van der Waals surface area contributed by atoms with Crippen molar-refractivity contribution < 1.29 is 4.79 Å². The van der Waals surface area contributed by atoms with Crippen LogP contribution in [-0.2, 0) is 0 Å². The molecule has 0 fully saturated rings. The first-order valence-corrected chi connectivity index (χ1v) is 7.48. The van der Waals surface area contributed by atoms with Gasteiger partial charge in [-0.05, 0) is 31.7 Å². The molecule has 0 aliphatic carbocycles. The van der Waals surface area contributed by atoms with Crippen molar-refractivity contribution in [2.45, 2.75) is 26.3 Å². The summed E-state index contributed by atoms with van der Waals surface area (Å²) in [6.07, 6.45) is 3.11. The minimum Gasteiger partial charge on any atom is -0.365 e. The fourth-order valence-electron chi connectivity index (χ4n) is 1.45. The van der Waals surface area contributed by atoms with Crippen LogP contribution in [0.2, 0.25) is 0 Å². The van der Waals surface area contributed by atoms with Gasteiger partial charge in [0.25, 0.3) is 5.91 Å². The predicted octanol–water partition coefficient (Wildman–Crippen LogP) is 1.78. The summed E-state index contributed by atoms with van der Waals surface area (Å²) in [5.74, 6) is 1.55. The molecule has 1 aromatic rings. The number of carbonyl (C=O) groups is 1. The van der Waals surface area contributed by atoms with E-state index in [1.165, 1.54) is 0 Å². The van der Waals surface area contributed by atoms with Crippen molar-refractivity contribution in [1.82, 2.24) is 15.5 Å². The van der Waals surface area contributed by atoms with Crippen LogP contribution in [0.4, 0.5) is 5.82 Å². The Labute approximate surface area is 112 Å². The number of aromatic nitrogens is 2. The molecule has 0 aliphatic rings. The molecule has 0 radical (unpaired) electrons. The van der Waals surface area contributed by atoms with Gasteiger partial charge in [0.2, 0.25) is 0 Å². The molecular weight excluding hydrogens is 248 g/mol. The van der Waals surface area contributed by atoms with E-state index in [4.69, 9.17) is 0 Å². The van der Waals surface area contributed by atoms with Gasteiger partial charge in [-0.3, -0.25) is 4.79 Å². The van der Waals surface area contributed by atoms with Crippen molar-refractivity contribution in [1.29, 1.82) is 0 Å². The molecule has 2 N–H and O–H groups in total. The van der Waals surface area contributed by atoms with Crippen LogP contribution in [0.3, 0.4) is 0 Å². The van der Waals surface area contributed by atoms with Crippen molar-refractivity contribution in [2.24, 2.45) is 0 Å². The van der Waals surface area contributed by atoms with E-state index in [9.17, 15) is 4.79 Å². The highest BCUT2D eigenvalue weighted by Crippen LogP contribution is 2.09. The molecular formula is C12H20N4OS. The van der Waals surface area contributed by atoms with Gasteiger partial charge < -0.3 is 10.6 Å². The zero-order valence-electron chi connectivity index (χ0n) is 11.1. The van der Waals surface area contributed by atoms with Gasteiger partial charge in [0.05, 0.1) is 0 Å². The minimum atomic E-state index is -0.187. The van der Waals surface area contributed by atoms with Crippen molar-refractivity contribution in [2.75, 3.05) is 23.9 Å². The summed E-state index contributed by atoms with van der Waals surface area (Å²) in [6.45, 7) is 4.59. The number of anilines is 1. The standard InChI is InChI=1S/C12H20N4OS/c1-4-9(8-18-3)14-11-7-6-10(15-16-11)12(17)13-5-2/h6-7,9H,4-5,8H2,1-3H3,(H,13,17)(H,14,16). The number of rotatable bonds is 7. The summed E-state index contributed by atoms with van der Waals surface area (Å²) in [7, 11) is 0. The topological polar surface area (TPSA) is 66.9 Å². The molecule has 1 aromatic heterocycles. The lowest BCUT2D eigenvalue weighted by Crippen LogP contribution is -2.25. The van der Waals surface area contributed by atoms with Crippen molar-refractivity contribution in [3.05, 3.63) is 17.8 Å². The molecule has 1 heterocycles. The monoisotopic (exact) mass is 268 g/mol. The molecule has 0 saturated heterocycles. The lowest BCUT2D eigenvalue weighted by Gasteiger charge is -2.15. The average molecular weight is 268 g/mol. The van der Waals surface area contributed by atoms with Crippen LogP contribution in [0.25, 0.3) is 0 Å². The number of nitrogens with one attached hydrogen (secondary N) is 2. The zero-order chi connectivity index (χ0) is 13.4. The second-order valence-corrected chi connectivity index (χ2v) is 4.78. The first kappa shape index (κ1) is 14.8. The molecule has 0 aromatic carbocycles. The van der Waals surface area contributed by atoms with Gasteiger partial charge >= 0.3 is 0 Å². The normalized spacial score (nSPS) is 11.9. The summed E-state index contributed by atoms with van der Waals surface area (Å²) < 4.78 is 0. The lowest BCUT2D eigenvalue weighted by molar-refractivity contribution is 0.0950. The Hall–Kier alpha value is -1.30. The first-order chi connectivity index (χ1) is 8.71. The van der Waals surface area contributed by atoms with E-state index in [-0.39, 0.29) is 5.91 Å². The maximum absolute atomic E-state index is 11.5. The van der Waals surface area contributed by atoms with Gasteiger partial charge in [-0.1, -0.05) is 6.92 Å². The molecule has 5 nitrogen and oxygen atoms in total. The highest BCUT2D eigenvalue weighted by molar-refractivity contribution is 7.98. The SMILES string of the molecule is CCNC(=O)c1ccc(NC(CC)CSC)nn1. The summed E-state index contributed by atoms with van der Waals surface area (Å²) in [4.78, 5) is 11.5. The maximum atomic E-state index is 11.5. The molecule has 0 bridgehead atoms. The molecule has 1 amide bonds. The second-order valence-electron chi connectivity index (χ2n) is 3.87. The fraction of sp³-hybridized carbons (Fsp3) is 0.583. The molecule has 1 rings (SSSR count). The third-order valence-electron chi connectivity index (χ3n) is 2.45. The number of hydrogen-bond donors (Lipinski definition) is 2. The highest BCUT2D eigenvalue weighted by Gasteiger charge is 2.09. The number of carbonyl (C=O) groups excluding carboxylic acids is 1. The molecule has 0 saturated carbocycles. The molecule has 0 aliphatic heterocycles. The second kappa shape index (κ2) is 7.92. The molecule has 0 spiro atoms. The summed E-state index contributed by atoms with van der Waals surface area (Å²) >= 11 is 1.79. The Morgan fingerprint density at radius 3 is 2.67 bits per heavy atom. The summed E-state index contributed by atoms with van der Waals surface area (Å²) in [5, 5.41) is 13.9. The Bertz CT molecular complexity index is 369. The van der Waals surface area contributed by atoms with Crippen LogP contribution in [0.15, 0.2) is 12.1 Å². The van der Waals surface area contributed by atoms with Gasteiger partial charge in [0.15, 0.2) is 5.69 Å². The van der Waals surface area contributed by atoms with E-state index >= 15 is 0 Å². The van der Waals surface area contributed by atoms with E-state index in [1.807, 2.05) is 6.92 Å². The number of hydrogen-bond acceptors (Lipinski definition) is 5. The zero-order valence-corrected chi connectivity index (χ0v) is 11.9. The Balaban J connectivity index is 2.62. The smallest absolute Gasteiger partial charge is 0.271 e. The van der Waals surface area contributed by atoms with E-state index in [0.717, 1.165) is 12.2 Å². The van der Waals surface area contributed by atoms with Crippen LogP contribution >= 0.6 is 11.8 Å². The Morgan fingerprint density at radius 1 is 1.39 bits per heavy atom. The minimum absolute atomic E-state index is 0.187. The molecule has 6 heteroatoms. The van der Waals surface area contributed by atoms with Crippen LogP contribution in [-0.4, -0.2) is 40.7 Å². The van der Waals surface area contributed by atoms with Gasteiger partial charge in [0, 0.05) is 18.3 Å². The average Bonchev–Trinajstić information content (AvgIpc) is 2.39. The van der Waals surface area contributed by atoms with E-state index in [0.29, 0.717) is 24.1 Å². The van der Waals surface area contributed by atoms with Crippen LogP contribution in [0.1, 0.15) is 30.8 Å². The number of thioether (sulfide) groups is 1. The van der Waals surface area contributed by atoms with Crippen molar-refractivity contribution >= 4 is 23.5 Å². The summed E-state index contributed by atoms with van der Waals surface area (Å²) in [5.41, 5.74) is 0.348. The van der Waals surface area contributed by atoms with Gasteiger partial charge in [-0.2, -0.15) is 11.8 Å². The van der Waals surface area contributed by atoms with Gasteiger partial charge in [-0.15, -0.1) is 10.2 Å². The number of amides is 1. The lowest BCUT2D eigenvalue weighted by atomic mass is 10.2. The molecule has 100 valence electrons. The van der Waals surface area contributed by atoms with E-state index in [1.54, 1.807) is 23.9 Å². The van der Waals surface area contributed by atoms with Gasteiger partial charge in [-0.25, -0.2) is 0 Å². The van der Waals surface area contributed by atoms with Crippen molar-refractivity contribution in [3.8, 4) is 0 Å². The highest BCUT2D eigenvalue weighted by atomic mass is 32.2. The van der Waals surface area contributed by atoms with Crippen LogP contribution in [0, 0.1) is 0 Å². The van der Waals surface area contributed by atoms with Crippen LogP contribution in [0.5, 0.6) is 0 Å². The first-order valence-electron chi connectivity index (χ1n) is 6.08.